The van der Waals surface area contributed by atoms with Gasteiger partial charge in [0.15, 0.2) is 0 Å². The van der Waals surface area contributed by atoms with Crippen molar-refractivity contribution < 1.29 is 24.3 Å². The molecule has 0 bridgehead atoms. The molecule has 0 radical (unpaired) electrons. The molecule has 1 aromatic rings. The van der Waals surface area contributed by atoms with Gasteiger partial charge in [-0.25, -0.2) is 4.79 Å². The van der Waals surface area contributed by atoms with E-state index in [1.165, 1.54) is 6.08 Å². The third-order valence-corrected chi connectivity index (χ3v) is 5.72. The van der Waals surface area contributed by atoms with Crippen LogP contribution in [0.15, 0.2) is 30.3 Å². The van der Waals surface area contributed by atoms with E-state index >= 15 is 0 Å². The number of rotatable bonds is 10. The summed E-state index contributed by atoms with van der Waals surface area (Å²) in [5.74, 6) is -2.07. The van der Waals surface area contributed by atoms with Gasteiger partial charge in [0, 0.05) is 11.6 Å². The van der Waals surface area contributed by atoms with Crippen LogP contribution in [0.4, 0.5) is 0 Å². The van der Waals surface area contributed by atoms with Crippen molar-refractivity contribution in [3.05, 3.63) is 41.5 Å². The van der Waals surface area contributed by atoms with Crippen LogP contribution in [0.3, 0.4) is 0 Å². The van der Waals surface area contributed by atoms with E-state index < -0.39 is 29.9 Å². The van der Waals surface area contributed by atoms with Gasteiger partial charge in [-0.2, -0.15) is 0 Å². The van der Waals surface area contributed by atoms with Crippen LogP contribution in [0.25, 0.3) is 5.57 Å². The predicted octanol–water partition coefficient (Wildman–Crippen LogP) is 2.98. The maximum Gasteiger partial charge on any atom is 0.326 e. The Labute approximate surface area is 201 Å². The Morgan fingerprint density at radius 1 is 0.941 bits per heavy atom. The molecule has 2 rings (SSSR count). The first-order chi connectivity index (χ1) is 15.9. The lowest BCUT2D eigenvalue weighted by molar-refractivity contribution is -0.142. The topological polar surface area (TPSA) is 125 Å². The quantitative estimate of drug-likeness (QED) is 0.391. The molecule has 1 heterocycles. The third-order valence-electron chi connectivity index (χ3n) is 5.72. The fourth-order valence-electron chi connectivity index (χ4n) is 4.11. The monoisotopic (exact) mass is 471 g/mol. The maximum atomic E-state index is 13.1. The van der Waals surface area contributed by atoms with Crippen LogP contribution < -0.4 is 16.0 Å². The van der Waals surface area contributed by atoms with E-state index in [1.807, 2.05) is 53.7 Å². The van der Waals surface area contributed by atoms with E-state index in [1.54, 1.807) is 12.1 Å². The van der Waals surface area contributed by atoms with Crippen molar-refractivity contribution in [3.8, 4) is 0 Å². The summed E-state index contributed by atoms with van der Waals surface area (Å²) in [7, 11) is 0. The Kier molecular flexibility index (Phi) is 9.41. The Bertz CT molecular complexity index is 952. The molecule has 4 N–H and O–H groups in total. The number of carbonyl (C=O) groups excluding carboxylic acids is 3. The molecule has 0 fully saturated rings. The number of aliphatic carboxylic acids is 1. The Hall–Kier alpha value is -3.16. The van der Waals surface area contributed by atoms with Crippen LogP contribution in [0.5, 0.6) is 0 Å². The smallest absolute Gasteiger partial charge is 0.326 e. The third kappa shape index (κ3) is 7.17. The second-order valence-electron chi connectivity index (χ2n) is 10.1. The number of hydrogen-bond donors (Lipinski definition) is 4. The van der Waals surface area contributed by atoms with Crippen LogP contribution in [-0.4, -0.2) is 46.9 Å². The largest absolute Gasteiger partial charge is 0.480 e. The molecule has 1 aliphatic rings. The summed E-state index contributed by atoms with van der Waals surface area (Å²) in [6, 6.07) is 4.84. The standard InChI is InChI=1S/C26H37N3O5/c1-14(2)11-20(25(32)28-21(26(33)34)12-15(3)4)27-22(30)13-19-17-9-7-8-10-18(17)24(31)29-23(19)16(5)6/h7-10,13-16,20-21,23H,11-12H2,1-6H3,(H,27,30)(H,28,32)(H,29,31)(H,33,34)/b19-13-/t20-,21-,23-/m0/s1. The minimum atomic E-state index is -1.10. The Morgan fingerprint density at radius 2 is 1.50 bits per heavy atom. The molecule has 0 spiro atoms. The molecule has 0 saturated heterocycles. The average molecular weight is 472 g/mol. The van der Waals surface area contributed by atoms with Crippen molar-refractivity contribution in [2.75, 3.05) is 0 Å². The van der Waals surface area contributed by atoms with Crippen molar-refractivity contribution in [3.63, 3.8) is 0 Å². The second kappa shape index (κ2) is 11.8. The molecule has 0 aliphatic carbocycles. The Balaban J connectivity index is 2.30. The zero-order valence-electron chi connectivity index (χ0n) is 20.8. The highest BCUT2D eigenvalue weighted by molar-refractivity contribution is 6.07. The summed E-state index contributed by atoms with van der Waals surface area (Å²) in [6.45, 7) is 11.5. The van der Waals surface area contributed by atoms with Crippen LogP contribution in [0, 0.1) is 17.8 Å². The first-order valence-electron chi connectivity index (χ1n) is 11.9. The molecule has 0 aromatic heterocycles. The molecule has 1 aliphatic heterocycles. The Morgan fingerprint density at radius 3 is 2.03 bits per heavy atom. The van der Waals surface area contributed by atoms with Crippen molar-refractivity contribution in [2.24, 2.45) is 17.8 Å². The summed E-state index contributed by atoms with van der Waals surface area (Å²) in [5, 5.41) is 17.8. The van der Waals surface area contributed by atoms with Gasteiger partial charge in [-0.3, -0.25) is 14.4 Å². The number of benzene rings is 1. The number of carboxylic acid groups (broad SMARTS) is 1. The van der Waals surface area contributed by atoms with Gasteiger partial charge in [-0.15, -0.1) is 0 Å². The molecule has 3 atom stereocenters. The molecular formula is C26H37N3O5. The van der Waals surface area contributed by atoms with E-state index in [4.69, 9.17) is 0 Å². The minimum Gasteiger partial charge on any atom is -0.480 e. The zero-order chi connectivity index (χ0) is 25.6. The van der Waals surface area contributed by atoms with Gasteiger partial charge >= 0.3 is 5.97 Å². The number of nitrogens with one attached hydrogen (secondary N) is 3. The van der Waals surface area contributed by atoms with E-state index in [9.17, 15) is 24.3 Å². The lowest BCUT2D eigenvalue weighted by Gasteiger charge is -2.31. The van der Waals surface area contributed by atoms with Crippen LogP contribution in [0.1, 0.15) is 70.3 Å². The molecule has 8 heteroatoms. The lowest BCUT2D eigenvalue weighted by atomic mass is 9.84. The highest BCUT2D eigenvalue weighted by Gasteiger charge is 2.32. The van der Waals surface area contributed by atoms with Crippen molar-refractivity contribution in [1.29, 1.82) is 0 Å². The van der Waals surface area contributed by atoms with E-state index in [0.717, 1.165) is 0 Å². The van der Waals surface area contributed by atoms with Crippen LogP contribution in [-0.2, 0) is 14.4 Å². The van der Waals surface area contributed by atoms with Crippen molar-refractivity contribution >= 4 is 29.3 Å². The van der Waals surface area contributed by atoms with Gasteiger partial charge in [0.2, 0.25) is 11.8 Å². The molecule has 186 valence electrons. The summed E-state index contributed by atoms with van der Waals surface area (Å²) in [4.78, 5) is 50.1. The molecule has 1 aromatic carbocycles. The molecule has 0 unspecified atom stereocenters. The van der Waals surface area contributed by atoms with Crippen molar-refractivity contribution in [1.82, 2.24) is 16.0 Å². The molecular weight excluding hydrogens is 434 g/mol. The zero-order valence-corrected chi connectivity index (χ0v) is 20.8. The highest BCUT2D eigenvalue weighted by atomic mass is 16.4. The van der Waals surface area contributed by atoms with Gasteiger partial charge in [0.1, 0.15) is 12.1 Å². The van der Waals surface area contributed by atoms with Crippen molar-refractivity contribution in [2.45, 2.75) is 72.5 Å². The molecule has 3 amide bonds. The van der Waals surface area contributed by atoms with Gasteiger partial charge in [0.25, 0.3) is 5.91 Å². The average Bonchev–Trinajstić information content (AvgIpc) is 2.73. The first kappa shape index (κ1) is 27.1. The van der Waals surface area contributed by atoms with E-state index in [-0.39, 0.29) is 29.7 Å². The minimum absolute atomic E-state index is 0.0403. The molecule has 0 saturated carbocycles. The lowest BCUT2D eigenvalue weighted by Crippen LogP contribution is -2.52. The number of carbonyl (C=O) groups is 4. The summed E-state index contributed by atoms with van der Waals surface area (Å²) >= 11 is 0. The fourth-order valence-corrected chi connectivity index (χ4v) is 4.11. The van der Waals surface area contributed by atoms with Gasteiger partial charge in [-0.05, 0) is 47.8 Å². The van der Waals surface area contributed by atoms with Gasteiger partial charge < -0.3 is 21.1 Å². The van der Waals surface area contributed by atoms with Gasteiger partial charge in [0.05, 0.1) is 6.04 Å². The molecule has 8 nitrogen and oxygen atoms in total. The van der Waals surface area contributed by atoms with E-state index in [2.05, 4.69) is 16.0 Å². The number of hydrogen-bond acceptors (Lipinski definition) is 4. The number of fused-ring (bicyclic) bond motifs is 1. The maximum absolute atomic E-state index is 13.1. The number of carboxylic acids is 1. The summed E-state index contributed by atoms with van der Waals surface area (Å²) < 4.78 is 0. The van der Waals surface area contributed by atoms with Crippen LogP contribution >= 0.6 is 0 Å². The SMILES string of the molecule is CC(C)C[C@H](NC(=O)[C@H](CC(C)C)NC(=O)/C=C1/c2ccccc2C(=O)N[C@H]1C(C)C)C(=O)O. The normalized spacial score (nSPS) is 18.4. The van der Waals surface area contributed by atoms with Gasteiger partial charge in [-0.1, -0.05) is 59.7 Å². The second-order valence-corrected chi connectivity index (χ2v) is 10.1. The number of amides is 3. The predicted molar refractivity (Wildman–Crippen MR) is 131 cm³/mol. The summed E-state index contributed by atoms with van der Waals surface area (Å²) in [6.07, 6.45) is 2.09. The highest BCUT2D eigenvalue weighted by Crippen LogP contribution is 2.30. The molecule has 34 heavy (non-hydrogen) atoms. The fraction of sp³-hybridized carbons (Fsp3) is 0.538. The van der Waals surface area contributed by atoms with E-state index in [0.29, 0.717) is 29.5 Å². The van der Waals surface area contributed by atoms with Crippen LogP contribution in [0.2, 0.25) is 0 Å². The summed E-state index contributed by atoms with van der Waals surface area (Å²) in [5.41, 5.74) is 1.86. The first-order valence-corrected chi connectivity index (χ1v) is 11.9.